The first-order chi connectivity index (χ1) is 10.1. The van der Waals surface area contributed by atoms with Gasteiger partial charge in [-0.2, -0.15) is 0 Å². The van der Waals surface area contributed by atoms with E-state index in [0.29, 0.717) is 26.2 Å². The molecule has 0 aliphatic rings. The summed E-state index contributed by atoms with van der Waals surface area (Å²) < 4.78 is 6.46. The highest BCUT2D eigenvalue weighted by atomic mass is 79.9. The minimum absolute atomic E-state index is 0.0618. The molecule has 0 amide bonds. The molecule has 4 heteroatoms. The summed E-state index contributed by atoms with van der Waals surface area (Å²) in [5.74, 6) is 0.494. The fourth-order valence-electron chi connectivity index (χ4n) is 2.00. The molecule has 0 spiro atoms. The van der Waals surface area contributed by atoms with E-state index >= 15 is 0 Å². The second-order valence-electron chi connectivity index (χ2n) is 4.51. The first kappa shape index (κ1) is 14.1. The molecular weight excluding hydrogens is 352 g/mol. The maximum Gasteiger partial charge on any atom is 0.193 e. The van der Waals surface area contributed by atoms with Crippen molar-refractivity contribution in [2.75, 3.05) is 0 Å². The summed E-state index contributed by atoms with van der Waals surface area (Å²) in [5, 5.41) is 1.26. The zero-order valence-electron chi connectivity index (χ0n) is 10.8. The van der Waals surface area contributed by atoms with Crippen LogP contribution in [0.2, 0.25) is 5.02 Å². The second kappa shape index (κ2) is 5.88. The molecule has 1 heterocycles. The number of benzene rings is 2. The fraction of sp³-hybridized carbons (Fsp3) is 0. The molecule has 0 saturated carbocycles. The van der Waals surface area contributed by atoms with Gasteiger partial charge in [0.2, 0.25) is 0 Å². The lowest BCUT2D eigenvalue weighted by Gasteiger charge is -2.02. The highest BCUT2D eigenvalue weighted by Crippen LogP contribution is 2.26. The van der Waals surface area contributed by atoms with E-state index in [1.165, 1.54) is 6.07 Å². The van der Waals surface area contributed by atoms with Gasteiger partial charge in [0.15, 0.2) is 5.43 Å². The molecule has 0 saturated heterocycles. The molecule has 104 valence electrons. The summed E-state index contributed by atoms with van der Waals surface area (Å²) in [4.78, 5) is 12.1. The summed E-state index contributed by atoms with van der Waals surface area (Å²) in [7, 11) is 0. The topological polar surface area (TPSA) is 30.2 Å². The van der Waals surface area contributed by atoms with Crippen molar-refractivity contribution < 1.29 is 4.42 Å². The maximum absolute atomic E-state index is 12.1. The number of fused-ring (bicyclic) bond motifs is 1. The SMILES string of the molecule is O=c1cc(/C(Br)=C\c2ccc(Cl)cc2)oc2ccccc12. The van der Waals surface area contributed by atoms with Gasteiger partial charge in [-0.05, 0) is 51.8 Å². The van der Waals surface area contributed by atoms with Crippen LogP contribution in [-0.2, 0) is 0 Å². The van der Waals surface area contributed by atoms with Crippen LogP contribution in [0.25, 0.3) is 21.5 Å². The molecule has 0 radical (unpaired) electrons. The summed E-state index contributed by atoms with van der Waals surface area (Å²) >= 11 is 9.32. The lowest BCUT2D eigenvalue weighted by atomic mass is 10.2. The van der Waals surface area contributed by atoms with Gasteiger partial charge in [0.1, 0.15) is 11.3 Å². The van der Waals surface area contributed by atoms with Crippen molar-refractivity contribution in [1.29, 1.82) is 0 Å². The second-order valence-corrected chi connectivity index (χ2v) is 5.81. The van der Waals surface area contributed by atoms with Crippen molar-refractivity contribution in [3.8, 4) is 0 Å². The van der Waals surface area contributed by atoms with Crippen molar-refractivity contribution in [3.05, 3.63) is 81.2 Å². The number of para-hydroxylation sites is 1. The molecule has 3 rings (SSSR count). The normalized spacial score (nSPS) is 11.8. The molecule has 21 heavy (non-hydrogen) atoms. The summed E-state index contributed by atoms with van der Waals surface area (Å²) in [6.45, 7) is 0. The maximum atomic E-state index is 12.1. The third kappa shape index (κ3) is 3.09. The van der Waals surface area contributed by atoms with Gasteiger partial charge in [-0.15, -0.1) is 0 Å². The van der Waals surface area contributed by atoms with Crippen molar-refractivity contribution >= 4 is 49.1 Å². The largest absolute Gasteiger partial charge is 0.455 e. The van der Waals surface area contributed by atoms with E-state index in [1.54, 1.807) is 12.1 Å². The molecule has 0 aliphatic carbocycles. The highest BCUT2D eigenvalue weighted by Gasteiger charge is 2.07. The van der Waals surface area contributed by atoms with Crippen LogP contribution in [0.3, 0.4) is 0 Å². The van der Waals surface area contributed by atoms with Gasteiger partial charge in [-0.25, -0.2) is 0 Å². The molecule has 2 aromatic carbocycles. The van der Waals surface area contributed by atoms with Gasteiger partial charge in [0.25, 0.3) is 0 Å². The monoisotopic (exact) mass is 360 g/mol. The number of halogens is 2. The zero-order chi connectivity index (χ0) is 14.8. The van der Waals surface area contributed by atoms with E-state index in [-0.39, 0.29) is 5.43 Å². The van der Waals surface area contributed by atoms with E-state index in [4.69, 9.17) is 16.0 Å². The third-order valence-electron chi connectivity index (χ3n) is 3.03. The van der Waals surface area contributed by atoms with Crippen LogP contribution in [0.5, 0.6) is 0 Å². The van der Waals surface area contributed by atoms with E-state index < -0.39 is 0 Å². The lowest BCUT2D eigenvalue weighted by Crippen LogP contribution is -2.00. The van der Waals surface area contributed by atoms with E-state index in [9.17, 15) is 4.79 Å². The molecule has 2 nitrogen and oxygen atoms in total. The quantitative estimate of drug-likeness (QED) is 0.617. The van der Waals surface area contributed by atoms with Gasteiger partial charge in [-0.1, -0.05) is 35.9 Å². The minimum Gasteiger partial charge on any atom is -0.455 e. The molecule has 3 aromatic rings. The van der Waals surface area contributed by atoms with Crippen molar-refractivity contribution in [2.45, 2.75) is 0 Å². The summed E-state index contributed by atoms with van der Waals surface area (Å²) in [6, 6.07) is 16.1. The molecule has 0 bridgehead atoms. The molecule has 0 fully saturated rings. The van der Waals surface area contributed by atoms with Crippen molar-refractivity contribution in [3.63, 3.8) is 0 Å². The average molecular weight is 362 g/mol. The van der Waals surface area contributed by atoms with Gasteiger partial charge < -0.3 is 4.42 Å². The number of hydrogen-bond donors (Lipinski definition) is 0. The fourth-order valence-corrected chi connectivity index (χ4v) is 2.58. The Morgan fingerprint density at radius 3 is 2.57 bits per heavy atom. The Balaban J connectivity index is 2.07. The van der Waals surface area contributed by atoms with Crippen LogP contribution in [0, 0.1) is 0 Å². The third-order valence-corrected chi connectivity index (χ3v) is 3.91. The van der Waals surface area contributed by atoms with Gasteiger partial charge in [-0.3, -0.25) is 4.79 Å². The molecule has 0 unspecified atom stereocenters. The van der Waals surface area contributed by atoms with Crippen LogP contribution < -0.4 is 5.43 Å². The number of rotatable bonds is 2. The summed E-state index contributed by atoms with van der Waals surface area (Å²) in [6.07, 6.45) is 1.88. The van der Waals surface area contributed by atoms with Crippen LogP contribution in [0.15, 0.2) is 63.8 Å². The van der Waals surface area contributed by atoms with Crippen LogP contribution in [0.1, 0.15) is 11.3 Å². The first-order valence-electron chi connectivity index (χ1n) is 6.29. The van der Waals surface area contributed by atoms with Crippen molar-refractivity contribution in [2.24, 2.45) is 0 Å². The summed E-state index contributed by atoms with van der Waals surface area (Å²) in [5.41, 5.74) is 1.47. The van der Waals surface area contributed by atoms with Crippen LogP contribution >= 0.6 is 27.5 Å². The Bertz CT molecular complexity index is 879. The predicted molar refractivity (Wildman–Crippen MR) is 90.7 cm³/mol. The Kier molecular flexibility index (Phi) is 3.95. The molecule has 0 N–H and O–H groups in total. The predicted octanol–water partition coefficient (Wildman–Crippen LogP) is 5.34. The Labute approximate surface area is 134 Å². The lowest BCUT2D eigenvalue weighted by molar-refractivity contribution is 0.590. The number of hydrogen-bond acceptors (Lipinski definition) is 2. The van der Waals surface area contributed by atoms with E-state index in [1.807, 2.05) is 42.5 Å². The Hall–Kier alpha value is -1.84. The van der Waals surface area contributed by atoms with Crippen LogP contribution in [0.4, 0.5) is 0 Å². The molecule has 0 aliphatic heterocycles. The smallest absolute Gasteiger partial charge is 0.193 e. The Morgan fingerprint density at radius 1 is 1.10 bits per heavy atom. The molecule has 1 aromatic heterocycles. The van der Waals surface area contributed by atoms with Gasteiger partial charge in [0.05, 0.1) is 9.87 Å². The van der Waals surface area contributed by atoms with E-state index in [0.717, 1.165) is 5.56 Å². The van der Waals surface area contributed by atoms with Crippen LogP contribution in [-0.4, -0.2) is 0 Å². The minimum atomic E-state index is -0.0618. The standard InChI is InChI=1S/C17H10BrClO2/c18-14(9-11-5-7-12(19)8-6-11)17-10-15(20)13-3-1-2-4-16(13)21-17/h1-10H/b14-9+. The molecular formula is C17H10BrClO2. The van der Waals surface area contributed by atoms with Gasteiger partial charge in [0, 0.05) is 11.1 Å². The average Bonchev–Trinajstić information content (AvgIpc) is 2.49. The zero-order valence-corrected chi connectivity index (χ0v) is 13.2. The first-order valence-corrected chi connectivity index (χ1v) is 7.46. The Morgan fingerprint density at radius 2 is 1.81 bits per heavy atom. The van der Waals surface area contributed by atoms with E-state index in [2.05, 4.69) is 15.9 Å². The van der Waals surface area contributed by atoms with Gasteiger partial charge >= 0.3 is 0 Å². The molecule has 0 atom stereocenters. The van der Waals surface area contributed by atoms with Crippen molar-refractivity contribution in [1.82, 2.24) is 0 Å². The highest BCUT2D eigenvalue weighted by molar-refractivity contribution is 9.15.